The Morgan fingerprint density at radius 2 is 2.00 bits per heavy atom. The molecule has 0 fully saturated rings. The van der Waals surface area contributed by atoms with Crippen LogP contribution in [0.15, 0.2) is 47.4 Å². The molecule has 0 heterocycles. The molecule has 2 aromatic rings. The molecule has 0 spiro atoms. The first-order valence-corrected chi connectivity index (χ1v) is 8.35. The van der Waals surface area contributed by atoms with Crippen LogP contribution in [-0.2, 0) is 0 Å². The highest BCUT2D eigenvalue weighted by Crippen LogP contribution is 2.31. The summed E-state index contributed by atoms with van der Waals surface area (Å²) in [6.07, 6.45) is 0. The molecule has 0 saturated carbocycles. The van der Waals surface area contributed by atoms with Gasteiger partial charge in [0.1, 0.15) is 5.82 Å². The summed E-state index contributed by atoms with van der Waals surface area (Å²) in [6.45, 7) is 4.80. The van der Waals surface area contributed by atoms with E-state index in [2.05, 4.69) is 5.32 Å². The third-order valence-electron chi connectivity index (χ3n) is 3.22. The second-order valence-electron chi connectivity index (χ2n) is 4.88. The monoisotopic (exact) mass is 323 g/mol. The second-order valence-corrected chi connectivity index (χ2v) is 6.35. The van der Waals surface area contributed by atoms with Gasteiger partial charge in [-0.25, -0.2) is 4.39 Å². The van der Waals surface area contributed by atoms with Crippen LogP contribution in [0.5, 0.6) is 0 Å². The Balaban J connectivity index is 2.16. The molecular formula is C17H19ClFNS. The van der Waals surface area contributed by atoms with E-state index in [-0.39, 0.29) is 11.9 Å². The summed E-state index contributed by atoms with van der Waals surface area (Å²) < 4.78 is 14.1. The Hall–Kier alpha value is -1.03. The topological polar surface area (TPSA) is 12.0 Å². The maximum atomic E-state index is 14.1. The average Bonchev–Trinajstić information content (AvgIpc) is 2.48. The van der Waals surface area contributed by atoms with Gasteiger partial charge in [-0.15, -0.1) is 11.8 Å². The van der Waals surface area contributed by atoms with E-state index in [4.69, 9.17) is 11.6 Å². The standard InChI is InChI=1S/C17H19ClFNS/c1-3-20-16(13-10-12(2)8-9-15(13)19)11-21-17-7-5-4-6-14(17)18/h4-10,16,20H,3,11H2,1-2H3. The highest BCUT2D eigenvalue weighted by molar-refractivity contribution is 7.99. The van der Waals surface area contributed by atoms with Crippen LogP contribution in [0.25, 0.3) is 0 Å². The zero-order valence-corrected chi connectivity index (χ0v) is 13.8. The lowest BCUT2D eigenvalue weighted by atomic mass is 10.0. The van der Waals surface area contributed by atoms with Crippen LogP contribution >= 0.6 is 23.4 Å². The molecule has 0 aliphatic heterocycles. The van der Waals surface area contributed by atoms with E-state index >= 15 is 0 Å². The van der Waals surface area contributed by atoms with Crippen molar-refractivity contribution in [2.24, 2.45) is 0 Å². The highest BCUT2D eigenvalue weighted by atomic mass is 35.5. The predicted molar refractivity (Wildman–Crippen MR) is 89.7 cm³/mol. The molecule has 2 aromatic carbocycles. The van der Waals surface area contributed by atoms with Crippen LogP contribution in [0.3, 0.4) is 0 Å². The molecule has 2 rings (SSSR count). The first-order chi connectivity index (χ1) is 10.1. The fraction of sp³-hybridized carbons (Fsp3) is 0.294. The van der Waals surface area contributed by atoms with E-state index in [9.17, 15) is 4.39 Å². The summed E-state index contributed by atoms with van der Waals surface area (Å²) in [6, 6.07) is 12.9. The Morgan fingerprint density at radius 3 is 2.71 bits per heavy atom. The maximum Gasteiger partial charge on any atom is 0.128 e. The largest absolute Gasteiger partial charge is 0.309 e. The number of benzene rings is 2. The van der Waals surface area contributed by atoms with Gasteiger partial charge in [0.2, 0.25) is 0 Å². The molecular weight excluding hydrogens is 305 g/mol. The summed E-state index contributed by atoms with van der Waals surface area (Å²) in [5.41, 5.74) is 1.79. The van der Waals surface area contributed by atoms with Crippen molar-refractivity contribution < 1.29 is 4.39 Å². The fourth-order valence-electron chi connectivity index (χ4n) is 2.17. The van der Waals surface area contributed by atoms with Gasteiger partial charge in [0.25, 0.3) is 0 Å². The number of rotatable bonds is 6. The van der Waals surface area contributed by atoms with Crippen molar-refractivity contribution in [3.05, 3.63) is 64.4 Å². The van der Waals surface area contributed by atoms with E-state index in [1.54, 1.807) is 17.8 Å². The molecule has 21 heavy (non-hydrogen) atoms. The van der Waals surface area contributed by atoms with Gasteiger partial charge in [0, 0.05) is 22.3 Å². The van der Waals surface area contributed by atoms with Crippen LogP contribution < -0.4 is 5.32 Å². The van der Waals surface area contributed by atoms with Crippen molar-refractivity contribution in [1.82, 2.24) is 5.32 Å². The summed E-state index contributed by atoms with van der Waals surface area (Å²) >= 11 is 7.82. The summed E-state index contributed by atoms with van der Waals surface area (Å²) in [4.78, 5) is 1.02. The molecule has 0 radical (unpaired) electrons. The molecule has 1 atom stereocenters. The number of thioether (sulfide) groups is 1. The third kappa shape index (κ3) is 4.47. The predicted octanol–water partition coefficient (Wildman–Crippen LogP) is 5.23. The van der Waals surface area contributed by atoms with Crippen molar-refractivity contribution in [3.63, 3.8) is 0 Å². The molecule has 0 aliphatic carbocycles. The molecule has 0 amide bonds. The van der Waals surface area contributed by atoms with Gasteiger partial charge >= 0.3 is 0 Å². The molecule has 1 nitrogen and oxygen atoms in total. The Morgan fingerprint density at radius 1 is 1.24 bits per heavy atom. The molecule has 0 aliphatic rings. The first-order valence-electron chi connectivity index (χ1n) is 6.98. The van der Waals surface area contributed by atoms with Gasteiger partial charge in [0.15, 0.2) is 0 Å². The minimum absolute atomic E-state index is 0.0313. The number of halogens is 2. The summed E-state index contributed by atoms with van der Waals surface area (Å²) in [5, 5.41) is 4.09. The Kier molecular flexibility index (Phi) is 6.09. The lowest BCUT2D eigenvalue weighted by Crippen LogP contribution is -2.24. The van der Waals surface area contributed by atoms with Gasteiger partial charge in [-0.1, -0.05) is 48.4 Å². The number of hydrogen-bond donors (Lipinski definition) is 1. The molecule has 112 valence electrons. The van der Waals surface area contributed by atoms with E-state index < -0.39 is 0 Å². The Bertz CT molecular complexity index is 603. The van der Waals surface area contributed by atoms with Crippen molar-refractivity contribution in [1.29, 1.82) is 0 Å². The van der Waals surface area contributed by atoms with Crippen LogP contribution in [0.4, 0.5) is 4.39 Å². The molecule has 1 unspecified atom stereocenters. The number of aryl methyl sites for hydroxylation is 1. The van der Waals surface area contributed by atoms with Crippen LogP contribution in [0, 0.1) is 12.7 Å². The molecule has 0 bridgehead atoms. The zero-order chi connectivity index (χ0) is 15.2. The lowest BCUT2D eigenvalue weighted by molar-refractivity contribution is 0.545. The van der Waals surface area contributed by atoms with Crippen molar-refractivity contribution in [2.75, 3.05) is 12.3 Å². The van der Waals surface area contributed by atoms with Crippen LogP contribution in [-0.4, -0.2) is 12.3 Å². The lowest BCUT2D eigenvalue weighted by Gasteiger charge is -2.19. The molecule has 0 aromatic heterocycles. The first kappa shape index (κ1) is 16.3. The number of hydrogen-bond acceptors (Lipinski definition) is 2. The highest BCUT2D eigenvalue weighted by Gasteiger charge is 2.16. The van der Waals surface area contributed by atoms with E-state index in [1.165, 1.54) is 6.07 Å². The second kappa shape index (κ2) is 7.83. The zero-order valence-electron chi connectivity index (χ0n) is 12.2. The third-order valence-corrected chi connectivity index (χ3v) is 4.83. The van der Waals surface area contributed by atoms with E-state index in [1.807, 2.05) is 44.2 Å². The van der Waals surface area contributed by atoms with Gasteiger partial charge in [-0.05, 0) is 31.7 Å². The van der Waals surface area contributed by atoms with Crippen molar-refractivity contribution in [3.8, 4) is 0 Å². The smallest absolute Gasteiger partial charge is 0.128 e. The Labute approximate surface area is 134 Å². The fourth-order valence-corrected chi connectivity index (χ4v) is 3.49. The van der Waals surface area contributed by atoms with Crippen molar-refractivity contribution in [2.45, 2.75) is 24.8 Å². The van der Waals surface area contributed by atoms with E-state index in [0.29, 0.717) is 0 Å². The average molecular weight is 324 g/mol. The number of nitrogens with one attached hydrogen (secondary N) is 1. The van der Waals surface area contributed by atoms with Gasteiger partial charge in [-0.2, -0.15) is 0 Å². The normalized spacial score (nSPS) is 12.4. The van der Waals surface area contributed by atoms with Gasteiger partial charge in [0.05, 0.1) is 5.02 Å². The summed E-state index contributed by atoms with van der Waals surface area (Å²) in [5.74, 6) is 0.573. The van der Waals surface area contributed by atoms with E-state index in [0.717, 1.165) is 33.3 Å². The van der Waals surface area contributed by atoms with Crippen LogP contribution in [0.2, 0.25) is 5.02 Å². The maximum absolute atomic E-state index is 14.1. The minimum Gasteiger partial charge on any atom is -0.309 e. The molecule has 4 heteroatoms. The minimum atomic E-state index is -0.161. The quantitative estimate of drug-likeness (QED) is 0.730. The molecule has 1 N–H and O–H groups in total. The van der Waals surface area contributed by atoms with Gasteiger partial charge in [-0.3, -0.25) is 0 Å². The van der Waals surface area contributed by atoms with Crippen LogP contribution in [0.1, 0.15) is 24.1 Å². The van der Waals surface area contributed by atoms with Crippen molar-refractivity contribution >= 4 is 23.4 Å². The summed E-state index contributed by atoms with van der Waals surface area (Å²) in [7, 11) is 0. The molecule has 0 saturated heterocycles. The SMILES string of the molecule is CCNC(CSc1ccccc1Cl)c1cc(C)ccc1F. The van der Waals surface area contributed by atoms with Gasteiger partial charge < -0.3 is 5.32 Å².